The first kappa shape index (κ1) is 8.72. The third kappa shape index (κ3) is 3.32. The number of amides is 2. The minimum Gasteiger partial charge on any atom is -0.273 e. The van der Waals surface area contributed by atoms with E-state index in [1.165, 1.54) is 0 Å². The molecule has 2 N–H and O–H groups in total. The number of hydrogen-bond donors (Lipinski definition) is 3. The van der Waals surface area contributed by atoms with E-state index in [1.807, 2.05) is 0 Å². The van der Waals surface area contributed by atoms with Gasteiger partial charge in [0.05, 0.1) is 0 Å². The Bertz CT molecular complexity index is 115. The van der Waals surface area contributed by atoms with Crippen molar-refractivity contribution < 1.29 is 9.59 Å². The summed E-state index contributed by atoms with van der Waals surface area (Å²) in [4.78, 5) is 20.1. The highest BCUT2D eigenvalue weighted by molar-refractivity contribution is 8.31. The fraction of sp³-hybridized carbons (Fsp3) is 0.333. The Hall–Kier alpha value is -0.280. The minimum absolute atomic E-state index is 0.0278. The van der Waals surface area contributed by atoms with Crippen LogP contribution < -0.4 is 10.9 Å². The van der Waals surface area contributed by atoms with E-state index in [0.29, 0.717) is 0 Å². The summed E-state index contributed by atoms with van der Waals surface area (Å²) in [5.74, 6) is -0.519. The second-order valence-electron chi connectivity index (χ2n) is 1.27. The van der Waals surface area contributed by atoms with Crippen molar-refractivity contribution >= 4 is 32.5 Å². The molecule has 1 aliphatic heterocycles. The Morgan fingerprint density at radius 2 is 1.56 bits per heavy atom. The van der Waals surface area contributed by atoms with Gasteiger partial charge >= 0.3 is 0 Å². The fourth-order valence-electron chi connectivity index (χ4n) is 0.374. The fourth-order valence-corrected chi connectivity index (χ4v) is 0.374. The van der Waals surface area contributed by atoms with Crippen LogP contribution in [0.2, 0.25) is 0 Å². The second-order valence-corrected chi connectivity index (χ2v) is 1.27. The molecule has 0 spiro atoms. The van der Waals surface area contributed by atoms with Gasteiger partial charge in [-0.3, -0.25) is 20.4 Å². The lowest BCUT2D eigenvalue weighted by atomic mass is 10.4. The molecular formula is C3H7N2O2PS. The Labute approximate surface area is 60.1 Å². The molecule has 1 saturated heterocycles. The predicted molar refractivity (Wildman–Crippen MR) is 39.6 cm³/mol. The summed E-state index contributed by atoms with van der Waals surface area (Å²) < 4.78 is 0. The first-order valence-electron chi connectivity index (χ1n) is 2.12. The van der Waals surface area contributed by atoms with Crippen LogP contribution in [-0.2, 0) is 9.59 Å². The molecule has 1 heterocycles. The quantitative estimate of drug-likeness (QED) is 0.252. The van der Waals surface area contributed by atoms with Crippen molar-refractivity contribution in [2.45, 2.75) is 6.42 Å². The van der Waals surface area contributed by atoms with E-state index in [1.54, 1.807) is 0 Å². The summed E-state index contributed by atoms with van der Waals surface area (Å²) in [6.45, 7) is 0. The number of carbonyl (C=O) groups is 2. The maximum absolute atomic E-state index is 10.1. The van der Waals surface area contributed by atoms with E-state index < -0.39 is 0 Å². The van der Waals surface area contributed by atoms with Gasteiger partial charge in [-0.15, -0.1) is 0 Å². The normalized spacial score (nSPS) is 15.3. The highest BCUT2D eigenvalue weighted by Crippen LogP contribution is 1.82. The lowest BCUT2D eigenvalue weighted by molar-refractivity contribution is -0.122. The van der Waals surface area contributed by atoms with Crippen LogP contribution >= 0.6 is 20.7 Å². The molecule has 1 atom stereocenters. The third-order valence-electron chi connectivity index (χ3n) is 0.662. The Kier molecular flexibility index (Phi) is 4.44. The van der Waals surface area contributed by atoms with Crippen LogP contribution in [0.15, 0.2) is 0 Å². The lowest BCUT2D eigenvalue weighted by Crippen LogP contribution is -2.28. The summed E-state index contributed by atoms with van der Waals surface area (Å²) >= 11 is 3.44. The third-order valence-corrected chi connectivity index (χ3v) is 0.662. The Balaban J connectivity index is 0.000000291. The molecular weight excluding hydrogens is 159 g/mol. The molecule has 0 bridgehead atoms. The zero-order valence-corrected chi connectivity index (χ0v) is 6.60. The standard InChI is InChI=1S/C3H4N2O2.H3PS/c6-2-1-3(7)5-4-2;1-2/h1H2,(H,4,6)(H,5,7);2H,1H2. The maximum Gasteiger partial charge on any atom is 0.247 e. The molecule has 0 aromatic rings. The summed E-state index contributed by atoms with van der Waals surface area (Å²) in [5, 5.41) is 0. The van der Waals surface area contributed by atoms with Crippen molar-refractivity contribution in [3.63, 3.8) is 0 Å². The molecule has 9 heavy (non-hydrogen) atoms. The highest BCUT2D eigenvalue weighted by atomic mass is 32.7. The number of nitrogens with one attached hydrogen (secondary N) is 2. The SMILES string of the molecule is O=C1CC(=O)NN1.PS. The first-order valence-corrected chi connectivity index (χ1v) is 4.19. The monoisotopic (exact) mass is 166 g/mol. The first-order chi connectivity index (χ1) is 4.29. The number of thiol groups is 1. The number of hydrogen-bond acceptors (Lipinski definition) is 3. The van der Waals surface area contributed by atoms with Crippen LogP contribution in [0.5, 0.6) is 0 Å². The molecule has 0 aromatic carbocycles. The highest BCUT2D eigenvalue weighted by Gasteiger charge is 2.15. The predicted octanol–water partition coefficient (Wildman–Crippen LogP) is -0.756. The van der Waals surface area contributed by atoms with Crippen molar-refractivity contribution in [1.82, 2.24) is 10.9 Å². The van der Waals surface area contributed by atoms with Gasteiger partial charge in [0.2, 0.25) is 11.8 Å². The van der Waals surface area contributed by atoms with E-state index in [-0.39, 0.29) is 18.2 Å². The average molecular weight is 166 g/mol. The van der Waals surface area contributed by atoms with E-state index >= 15 is 0 Å². The van der Waals surface area contributed by atoms with E-state index in [9.17, 15) is 9.59 Å². The molecule has 52 valence electrons. The number of hydrazine groups is 1. The largest absolute Gasteiger partial charge is 0.273 e. The Morgan fingerprint density at radius 3 is 1.67 bits per heavy atom. The van der Waals surface area contributed by atoms with E-state index in [4.69, 9.17) is 0 Å². The molecule has 1 fully saturated rings. The van der Waals surface area contributed by atoms with Crippen molar-refractivity contribution in [2.75, 3.05) is 0 Å². The Morgan fingerprint density at radius 1 is 1.22 bits per heavy atom. The molecule has 1 aliphatic rings. The van der Waals surface area contributed by atoms with Gasteiger partial charge < -0.3 is 0 Å². The number of rotatable bonds is 0. The van der Waals surface area contributed by atoms with Gasteiger partial charge in [-0.25, -0.2) is 0 Å². The molecule has 1 unspecified atom stereocenters. The van der Waals surface area contributed by atoms with E-state index in [2.05, 4.69) is 31.5 Å². The average Bonchev–Trinajstić information content (AvgIpc) is 2.20. The second kappa shape index (κ2) is 4.58. The van der Waals surface area contributed by atoms with Crippen LogP contribution in [0, 0.1) is 0 Å². The molecule has 2 amide bonds. The summed E-state index contributed by atoms with van der Waals surface area (Å²) in [7, 11) is 2.11. The van der Waals surface area contributed by atoms with Crippen molar-refractivity contribution in [3.8, 4) is 0 Å². The summed E-state index contributed by atoms with van der Waals surface area (Å²) in [6.07, 6.45) is -0.0278. The van der Waals surface area contributed by atoms with Crippen LogP contribution in [0.25, 0.3) is 0 Å². The van der Waals surface area contributed by atoms with E-state index in [0.717, 1.165) is 0 Å². The molecule has 0 aliphatic carbocycles. The molecule has 0 radical (unpaired) electrons. The van der Waals surface area contributed by atoms with Crippen molar-refractivity contribution in [2.24, 2.45) is 0 Å². The van der Waals surface area contributed by atoms with Crippen LogP contribution in [0.3, 0.4) is 0 Å². The van der Waals surface area contributed by atoms with Gasteiger partial charge in [0.15, 0.2) is 0 Å². The van der Waals surface area contributed by atoms with Gasteiger partial charge in [-0.05, 0) is 0 Å². The zero-order chi connectivity index (χ0) is 7.28. The molecule has 4 nitrogen and oxygen atoms in total. The van der Waals surface area contributed by atoms with Crippen molar-refractivity contribution in [3.05, 3.63) is 0 Å². The topological polar surface area (TPSA) is 58.2 Å². The van der Waals surface area contributed by atoms with Gasteiger partial charge in [0.1, 0.15) is 6.42 Å². The van der Waals surface area contributed by atoms with Gasteiger partial charge in [-0.1, -0.05) is 8.44 Å². The van der Waals surface area contributed by atoms with Gasteiger partial charge in [0.25, 0.3) is 0 Å². The molecule has 0 aromatic heterocycles. The molecule has 6 heteroatoms. The zero-order valence-electron chi connectivity index (χ0n) is 4.55. The smallest absolute Gasteiger partial charge is 0.247 e. The maximum atomic E-state index is 10.1. The lowest BCUT2D eigenvalue weighted by Gasteiger charge is -1.83. The number of carbonyl (C=O) groups excluding carboxylic acids is 2. The van der Waals surface area contributed by atoms with Gasteiger partial charge in [-0.2, -0.15) is 12.2 Å². The van der Waals surface area contributed by atoms with Crippen molar-refractivity contribution in [1.29, 1.82) is 0 Å². The van der Waals surface area contributed by atoms with Crippen LogP contribution in [-0.4, -0.2) is 11.8 Å². The van der Waals surface area contributed by atoms with Gasteiger partial charge in [0, 0.05) is 0 Å². The summed E-state index contributed by atoms with van der Waals surface area (Å²) in [6, 6.07) is 0. The molecule has 1 rings (SSSR count). The minimum atomic E-state index is -0.259. The summed E-state index contributed by atoms with van der Waals surface area (Å²) in [5.41, 5.74) is 4.26. The molecule has 0 saturated carbocycles. The van der Waals surface area contributed by atoms with Crippen LogP contribution in [0.4, 0.5) is 0 Å². The van der Waals surface area contributed by atoms with Crippen LogP contribution in [0.1, 0.15) is 6.42 Å².